The summed E-state index contributed by atoms with van der Waals surface area (Å²) in [5, 5.41) is 6.37. The van der Waals surface area contributed by atoms with Gasteiger partial charge in [0.15, 0.2) is 5.69 Å². The summed E-state index contributed by atoms with van der Waals surface area (Å²) in [4.78, 5) is 45.6. The third-order valence-corrected chi connectivity index (χ3v) is 6.52. The normalized spacial score (nSPS) is 20.8. The molecule has 4 rings (SSSR count). The predicted octanol–water partition coefficient (Wildman–Crippen LogP) is 3.47. The topological polar surface area (TPSA) is 96.3 Å². The molecule has 2 heterocycles. The molecule has 2 aromatic rings. The number of aromatic nitrogens is 2. The number of carbonyl (C=O) groups excluding carboxylic acids is 3. The van der Waals surface area contributed by atoms with Gasteiger partial charge in [0.1, 0.15) is 11.2 Å². The third-order valence-electron chi connectivity index (χ3n) is 6.28. The van der Waals surface area contributed by atoms with Crippen molar-refractivity contribution < 1.29 is 14.4 Å². The fraction of sp³-hybridized carbons (Fsp3) is 0.478. The molecule has 0 unspecified atom stereocenters. The lowest BCUT2D eigenvalue weighted by Crippen LogP contribution is -2.65. The Labute approximate surface area is 192 Å². The van der Waals surface area contributed by atoms with Gasteiger partial charge < -0.3 is 20.1 Å². The Morgan fingerprint density at radius 1 is 1.28 bits per heavy atom. The van der Waals surface area contributed by atoms with E-state index >= 15 is 0 Å². The van der Waals surface area contributed by atoms with E-state index in [1.54, 1.807) is 40.7 Å². The minimum absolute atomic E-state index is 0.0364. The van der Waals surface area contributed by atoms with Crippen LogP contribution in [0, 0.1) is 0 Å². The van der Waals surface area contributed by atoms with Crippen LogP contribution in [0.4, 0.5) is 5.69 Å². The van der Waals surface area contributed by atoms with Crippen molar-refractivity contribution in [3.05, 3.63) is 47.0 Å². The zero-order chi connectivity index (χ0) is 22.9. The van der Waals surface area contributed by atoms with E-state index in [4.69, 9.17) is 11.6 Å². The van der Waals surface area contributed by atoms with Crippen molar-refractivity contribution in [3.8, 4) is 0 Å². The van der Waals surface area contributed by atoms with Crippen LogP contribution in [0.5, 0.6) is 0 Å². The van der Waals surface area contributed by atoms with E-state index in [2.05, 4.69) is 15.6 Å². The van der Waals surface area contributed by atoms with Crippen LogP contribution >= 0.6 is 11.6 Å². The van der Waals surface area contributed by atoms with Gasteiger partial charge >= 0.3 is 0 Å². The highest BCUT2D eigenvalue weighted by Gasteiger charge is 2.48. The van der Waals surface area contributed by atoms with Crippen LogP contribution in [-0.4, -0.2) is 50.3 Å². The summed E-state index contributed by atoms with van der Waals surface area (Å²) in [6, 6.07) is 6.92. The smallest absolute Gasteiger partial charge is 0.276 e. The lowest BCUT2D eigenvalue weighted by atomic mass is 9.93. The fourth-order valence-corrected chi connectivity index (χ4v) is 4.79. The van der Waals surface area contributed by atoms with Gasteiger partial charge in [0, 0.05) is 23.3 Å². The molecule has 1 atom stereocenters. The van der Waals surface area contributed by atoms with E-state index in [-0.39, 0.29) is 35.8 Å². The molecule has 1 aliphatic carbocycles. The predicted molar refractivity (Wildman–Crippen MR) is 122 cm³/mol. The van der Waals surface area contributed by atoms with Crippen molar-refractivity contribution in [3.63, 3.8) is 0 Å². The molecule has 1 aromatic carbocycles. The first kappa shape index (κ1) is 22.3. The molecular weight excluding hydrogens is 430 g/mol. The average molecular weight is 458 g/mol. The van der Waals surface area contributed by atoms with E-state index in [1.165, 1.54) is 6.33 Å². The second kappa shape index (κ2) is 8.94. The van der Waals surface area contributed by atoms with Gasteiger partial charge in [-0.25, -0.2) is 4.98 Å². The number of nitrogens with one attached hydrogen (secondary N) is 2. The van der Waals surface area contributed by atoms with Gasteiger partial charge in [0.25, 0.3) is 11.8 Å². The fourth-order valence-electron chi connectivity index (χ4n) is 4.60. The summed E-state index contributed by atoms with van der Waals surface area (Å²) in [7, 11) is 0. The lowest BCUT2D eigenvalue weighted by molar-refractivity contribution is -0.133. The van der Waals surface area contributed by atoms with Crippen molar-refractivity contribution in [2.75, 3.05) is 11.9 Å². The molecule has 1 fully saturated rings. The number of rotatable bonds is 6. The molecule has 1 aliphatic heterocycles. The standard InChI is InChI=1S/C23H28ClN5O3/c1-3-11-29-21(31)19-18(20(30)26-17-10-6-7-15(24)12-17)25-14-28(19)13-23(29,2)22(32)27-16-8-4-5-9-16/h6-7,10,12,14,16H,3-5,8-9,11,13H2,1-2H3,(H,26,30)(H,27,32)/t23-/m1/s1. The van der Waals surface area contributed by atoms with Gasteiger partial charge in [-0.1, -0.05) is 37.4 Å². The number of benzene rings is 1. The third kappa shape index (κ3) is 4.11. The van der Waals surface area contributed by atoms with Crippen LogP contribution < -0.4 is 10.6 Å². The van der Waals surface area contributed by atoms with E-state index in [0.717, 1.165) is 25.7 Å². The Hall–Kier alpha value is -2.87. The molecule has 8 nitrogen and oxygen atoms in total. The molecule has 32 heavy (non-hydrogen) atoms. The summed E-state index contributed by atoms with van der Waals surface area (Å²) >= 11 is 6.00. The number of fused-ring (bicyclic) bond motifs is 1. The number of anilines is 1. The maximum atomic E-state index is 13.5. The molecular formula is C23H28ClN5O3. The Balaban J connectivity index is 1.62. The molecule has 1 saturated carbocycles. The number of amides is 3. The van der Waals surface area contributed by atoms with Crippen molar-refractivity contribution in [2.45, 2.75) is 64.1 Å². The number of nitrogens with zero attached hydrogens (tertiary/aromatic N) is 3. The van der Waals surface area contributed by atoms with Crippen molar-refractivity contribution in [1.82, 2.24) is 19.8 Å². The van der Waals surface area contributed by atoms with Gasteiger partial charge in [-0.05, 0) is 44.4 Å². The summed E-state index contributed by atoms with van der Waals surface area (Å²) in [5.41, 5.74) is -0.304. The summed E-state index contributed by atoms with van der Waals surface area (Å²) in [6.45, 7) is 4.40. The van der Waals surface area contributed by atoms with E-state index in [0.29, 0.717) is 23.7 Å². The largest absolute Gasteiger partial charge is 0.351 e. The van der Waals surface area contributed by atoms with Crippen molar-refractivity contribution in [2.24, 2.45) is 0 Å². The zero-order valence-corrected chi connectivity index (χ0v) is 19.1. The first-order chi connectivity index (χ1) is 15.3. The maximum absolute atomic E-state index is 13.5. The van der Waals surface area contributed by atoms with Gasteiger partial charge in [0.2, 0.25) is 5.91 Å². The number of hydrogen-bond acceptors (Lipinski definition) is 4. The zero-order valence-electron chi connectivity index (χ0n) is 18.4. The van der Waals surface area contributed by atoms with E-state index < -0.39 is 11.4 Å². The van der Waals surface area contributed by atoms with Crippen LogP contribution in [0.3, 0.4) is 0 Å². The molecule has 9 heteroatoms. The number of hydrogen-bond donors (Lipinski definition) is 2. The van der Waals surface area contributed by atoms with Gasteiger partial charge in [-0.2, -0.15) is 0 Å². The molecule has 170 valence electrons. The van der Waals surface area contributed by atoms with Crippen LogP contribution in [0.2, 0.25) is 5.02 Å². The molecule has 0 saturated heterocycles. The Morgan fingerprint density at radius 2 is 2.03 bits per heavy atom. The first-order valence-corrected chi connectivity index (χ1v) is 11.5. The Morgan fingerprint density at radius 3 is 2.72 bits per heavy atom. The highest BCUT2D eigenvalue weighted by molar-refractivity contribution is 6.31. The number of carbonyl (C=O) groups is 3. The second-order valence-corrected chi connectivity index (χ2v) is 9.16. The molecule has 0 spiro atoms. The maximum Gasteiger partial charge on any atom is 0.276 e. The minimum Gasteiger partial charge on any atom is -0.351 e. The SMILES string of the molecule is CCCN1C(=O)c2c(C(=O)Nc3cccc(Cl)c3)ncn2C[C@]1(C)C(=O)NC1CCCC1. The second-order valence-electron chi connectivity index (χ2n) is 8.72. The molecule has 0 bridgehead atoms. The van der Waals surface area contributed by atoms with Crippen LogP contribution in [-0.2, 0) is 11.3 Å². The van der Waals surface area contributed by atoms with Crippen LogP contribution in [0.1, 0.15) is 66.9 Å². The summed E-state index contributed by atoms with van der Waals surface area (Å²) in [5.74, 6) is -1.02. The minimum atomic E-state index is -1.05. The first-order valence-electron chi connectivity index (χ1n) is 11.1. The van der Waals surface area contributed by atoms with Crippen LogP contribution in [0.15, 0.2) is 30.6 Å². The molecule has 2 N–H and O–H groups in total. The summed E-state index contributed by atoms with van der Waals surface area (Å²) in [6.07, 6.45) is 6.30. The molecule has 0 radical (unpaired) electrons. The number of halogens is 1. The monoisotopic (exact) mass is 457 g/mol. The van der Waals surface area contributed by atoms with Crippen molar-refractivity contribution in [1.29, 1.82) is 0 Å². The van der Waals surface area contributed by atoms with Gasteiger partial charge in [0.05, 0.1) is 12.9 Å². The quantitative estimate of drug-likeness (QED) is 0.694. The van der Waals surface area contributed by atoms with Crippen LogP contribution in [0.25, 0.3) is 0 Å². The van der Waals surface area contributed by atoms with Gasteiger partial charge in [-0.3, -0.25) is 14.4 Å². The Bertz CT molecular complexity index is 1050. The van der Waals surface area contributed by atoms with E-state index in [1.807, 2.05) is 6.92 Å². The van der Waals surface area contributed by atoms with Crippen molar-refractivity contribution >= 4 is 35.0 Å². The lowest BCUT2D eigenvalue weighted by Gasteiger charge is -2.44. The highest BCUT2D eigenvalue weighted by atomic mass is 35.5. The Kier molecular flexibility index (Phi) is 6.24. The molecule has 3 amide bonds. The average Bonchev–Trinajstić information content (AvgIpc) is 3.41. The molecule has 1 aromatic heterocycles. The number of imidazole rings is 1. The highest BCUT2D eigenvalue weighted by Crippen LogP contribution is 2.30. The summed E-state index contributed by atoms with van der Waals surface area (Å²) < 4.78 is 1.62. The molecule has 2 aliphatic rings. The van der Waals surface area contributed by atoms with E-state index in [9.17, 15) is 14.4 Å². The van der Waals surface area contributed by atoms with Gasteiger partial charge in [-0.15, -0.1) is 0 Å².